The molecule has 0 unspecified atom stereocenters. The molecule has 0 amide bonds. The molecular formula is C21H24BrN7OS. The zero-order valence-corrected chi connectivity index (χ0v) is 20.0. The number of aryl methyl sites for hydroxylation is 1. The van der Waals surface area contributed by atoms with Crippen molar-refractivity contribution in [3.05, 3.63) is 55.1 Å². The Labute approximate surface area is 195 Å². The van der Waals surface area contributed by atoms with Crippen molar-refractivity contribution < 1.29 is 26.3 Å². The van der Waals surface area contributed by atoms with Crippen molar-refractivity contribution in [2.75, 3.05) is 25.1 Å². The molecule has 4 rings (SSSR count). The minimum Gasteiger partial charge on any atom is -1.00 e. The highest BCUT2D eigenvalue weighted by molar-refractivity contribution is 7.21. The maximum atomic E-state index is 5.15. The van der Waals surface area contributed by atoms with Crippen molar-refractivity contribution in [2.24, 2.45) is 17.3 Å². The Morgan fingerprint density at radius 2 is 1.94 bits per heavy atom. The van der Waals surface area contributed by atoms with Crippen LogP contribution in [-0.2, 0) is 13.6 Å². The molecule has 3 heterocycles. The number of nitrogens with zero attached hydrogens (tertiary/aromatic N) is 7. The summed E-state index contributed by atoms with van der Waals surface area (Å²) in [5, 5.41) is 9.17. The fourth-order valence-electron chi connectivity index (χ4n) is 3.12. The normalized spacial score (nSPS) is 11.1. The zero-order valence-electron chi connectivity index (χ0n) is 17.6. The van der Waals surface area contributed by atoms with E-state index in [4.69, 9.17) is 4.74 Å². The lowest BCUT2D eigenvalue weighted by Crippen LogP contribution is -3.00. The molecule has 0 atom stereocenters. The summed E-state index contributed by atoms with van der Waals surface area (Å²) in [4.78, 5) is 11.9. The summed E-state index contributed by atoms with van der Waals surface area (Å²) in [5.41, 5.74) is 2.75. The summed E-state index contributed by atoms with van der Waals surface area (Å²) in [6.07, 6.45) is 6.23. The van der Waals surface area contributed by atoms with Gasteiger partial charge in [-0.25, -0.2) is 19.1 Å². The molecule has 0 N–H and O–H groups in total. The van der Waals surface area contributed by atoms with Crippen LogP contribution < -0.4 is 31.2 Å². The molecule has 3 aromatic heterocycles. The fraction of sp³-hybridized carbons (Fsp3) is 0.286. The van der Waals surface area contributed by atoms with Gasteiger partial charge in [0.25, 0.3) is 0 Å². The Kier molecular flexibility index (Phi) is 7.69. The van der Waals surface area contributed by atoms with Crippen LogP contribution in [0.25, 0.3) is 10.3 Å². The number of ether oxygens (including phenoxy) is 1. The number of anilines is 1. The van der Waals surface area contributed by atoms with E-state index >= 15 is 0 Å². The molecule has 0 bridgehead atoms. The van der Waals surface area contributed by atoms with Crippen LogP contribution in [0.5, 0.6) is 5.88 Å². The van der Waals surface area contributed by atoms with Gasteiger partial charge in [-0.2, -0.15) is 0 Å². The van der Waals surface area contributed by atoms with Crippen LogP contribution in [0.3, 0.4) is 0 Å². The van der Waals surface area contributed by atoms with Crippen LogP contribution in [0, 0.1) is 0 Å². The predicted molar refractivity (Wildman–Crippen MR) is 118 cm³/mol. The van der Waals surface area contributed by atoms with Gasteiger partial charge in [-0.15, -0.1) is 10.2 Å². The van der Waals surface area contributed by atoms with Gasteiger partial charge in [0.05, 0.1) is 26.4 Å². The van der Waals surface area contributed by atoms with Gasteiger partial charge >= 0.3 is 0 Å². The van der Waals surface area contributed by atoms with Crippen molar-refractivity contribution in [2.45, 2.75) is 13.5 Å². The highest BCUT2D eigenvalue weighted by Gasteiger charge is 2.08. The number of benzene rings is 1. The molecule has 0 saturated heterocycles. The lowest BCUT2D eigenvalue weighted by Gasteiger charge is -2.22. The number of fused-ring (bicyclic) bond motifs is 1. The third kappa shape index (κ3) is 5.65. The molecule has 1 aromatic carbocycles. The lowest BCUT2D eigenvalue weighted by atomic mass is 10.2. The molecule has 31 heavy (non-hydrogen) atoms. The van der Waals surface area contributed by atoms with Gasteiger partial charge in [0, 0.05) is 18.3 Å². The first-order chi connectivity index (χ1) is 14.6. The van der Waals surface area contributed by atoms with Gasteiger partial charge in [0.15, 0.2) is 0 Å². The monoisotopic (exact) mass is 501 g/mol. The van der Waals surface area contributed by atoms with Gasteiger partial charge in [-0.05, 0) is 37.3 Å². The van der Waals surface area contributed by atoms with Crippen LogP contribution in [0.1, 0.15) is 6.92 Å². The van der Waals surface area contributed by atoms with Gasteiger partial charge in [-0.3, -0.25) is 0 Å². The van der Waals surface area contributed by atoms with Crippen LogP contribution in [-0.4, -0.2) is 34.7 Å². The lowest BCUT2D eigenvalue weighted by molar-refractivity contribution is -0.671. The number of rotatable bonds is 8. The minimum atomic E-state index is 0. The number of pyridine rings is 1. The Balaban J connectivity index is 0.00000272. The van der Waals surface area contributed by atoms with Gasteiger partial charge in [-0.1, -0.05) is 11.3 Å². The number of imidazole rings is 1. The Hall–Kier alpha value is -2.85. The van der Waals surface area contributed by atoms with Crippen LogP contribution in [0.2, 0.25) is 0 Å². The fourth-order valence-corrected chi connectivity index (χ4v) is 3.87. The number of likely N-dealkylation sites (N-methyl/N-ethyl adjacent to an activating group) is 1. The molecule has 10 heteroatoms. The second kappa shape index (κ2) is 10.5. The van der Waals surface area contributed by atoms with Gasteiger partial charge < -0.3 is 26.6 Å². The zero-order chi connectivity index (χ0) is 20.9. The number of azo groups is 1. The van der Waals surface area contributed by atoms with Crippen molar-refractivity contribution in [3.8, 4) is 5.88 Å². The standard InChI is InChI=1S/C21H24N7OS.BrH/c1-4-28(14-13-27-12-11-26(2)15-27)17-7-5-16(6-8-17)24-25-21-22-18-9-10-19(29-3)23-20(18)30-21;/h5-12,15H,4,13-14H2,1-3H3;1H/q+1;/p-1. The largest absolute Gasteiger partial charge is 1.00 e. The number of methoxy groups -OCH3 is 1. The van der Waals surface area contributed by atoms with Crippen molar-refractivity contribution in [1.82, 2.24) is 14.5 Å². The Morgan fingerprint density at radius 1 is 1.13 bits per heavy atom. The van der Waals surface area contributed by atoms with E-state index in [9.17, 15) is 0 Å². The number of thiazole rings is 1. The summed E-state index contributed by atoms with van der Waals surface area (Å²) in [6, 6.07) is 11.8. The number of hydrogen-bond donors (Lipinski definition) is 0. The van der Waals surface area contributed by atoms with E-state index in [1.165, 1.54) is 17.0 Å². The molecule has 162 valence electrons. The highest BCUT2D eigenvalue weighted by atomic mass is 79.9. The van der Waals surface area contributed by atoms with E-state index < -0.39 is 0 Å². The van der Waals surface area contributed by atoms with Crippen LogP contribution in [0.4, 0.5) is 16.5 Å². The molecule has 0 spiro atoms. The molecule has 0 fully saturated rings. The Bertz CT molecular complexity index is 1160. The minimum absolute atomic E-state index is 0. The van der Waals surface area contributed by atoms with Gasteiger partial charge in [0.2, 0.25) is 17.3 Å². The maximum absolute atomic E-state index is 5.15. The summed E-state index contributed by atoms with van der Waals surface area (Å²) < 4.78 is 9.39. The SMILES string of the molecule is CCN(CCn1cc[n+](C)c1)c1ccc(N=Nc2nc3ccc(OC)nc3s2)cc1.[Br-]. The molecule has 0 aliphatic rings. The van der Waals surface area contributed by atoms with E-state index in [1.807, 2.05) is 36.0 Å². The molecule has 4 aromatic rings. The number of halogens is 1. The molecule has 0 saturated carbocycles. The summed E-state index contributed by atoms with van der Waals surface area (Å²) in [5.74, 6) is 0.566. The smallest absolute Gasteiger partial charge is 0.243 e. The summed E-state index contributed by atoms with van der Waals surface area (Å²) >= 11 is 1.39. The van der Waals surface area contributed by atoms with Gasteiger partial charge in [0.1, 0.15) is 29.3 Å². The van der Waals surface area contributed by atoms with E-state index in [0.717, 1.165) is 35.7 Å². The average Bonchev–Trinajstić information content (AvgIpc) is 3.38. The first-order valence-corrected chi connectivity index (χ1v) is 10.6. The third-order valence-electron chi connectivity index (χ3n) is 4.73. The molecule has 0 aliphatic heterocycles. The Morgan fingerprint density at radius 3 is 2.61 bits per heavy atom. The van der Waals surface area contributed by atoms with Crippen LogP contribution >= 0.6 is 11.3 Å². The average molecular weight is 502 g/mol. The highest BCUT2D eigenvalue weighted by Crippen LogP contribution is 2.29. The van der Waals surface area contributed by atoms with Crippen molar-refractivity contribution in [3.63, 3.8) is 0 Å². The van der Waals surface area contributed by atoms with E-state index in [2.05, 4.69) is 61.2 Å². The summed E-state index contributed by atoms with van der Waals surface area (Å²) in [7, 11) is 3.63. The topological polar surface area (TPSA) is 71.8 Å². The first kappa shape index (κ1) is 22.8. The summed E-state index contributed by atoms with van der Waals surface area (Å²) in [6.45, 7) is 4.98. The van der Waals surface area contributed by atoms with E-state index in [-0.39, 0.29) is 17.0 Å². The second-order valence-electron chi connectivity index (χ2n) is 6.79. The number of aromatic nitrogens is 4. The van der Waals surface area contributed by atoms with E-state index in [1.54, 1.807) is 13.2 Å². The predicted octanol–water partition coefficient (Wildman–Crippen LogP) is 1.27. The third-order valence-corrected chi connectivity index (χ3v) is 5.58. The van der Waals surface area contributed by atoms with E-state index in [0.29, 0.717) is 11.0 Å². The van der Waals surface area contributed by atoms with Crippen molar-refractivity contribution >= 4 is 38.2 Å². The quantitative estimate of drug-likeness (QED) is 0.269. The van der Waals surface area contributed by atoms with Crippen molar-refractivity contribution in [1.29, 1.82) is 0 Å². The molecule has 8 nitrogen and oxygen atoms in total. The molecule has 0 aliphatic carbocycles. The second-order valence-corrected chi connectivity index (χ2v) is 7.74. The molecule has 0 radical (unpaired) electrons. The first-order valence-electron chi connectivity index (χ1n) is 9.74. The number of hydrogen-bond acceptors (Lipinski definition) is 7. The van der Waals surface area contributed by atoms with Crippen LogP contribution in [0.15, 0.2) is 65.3 Å². The maximum Gasteiger partial charge on any atom is 0.243 e. The molecular weight excluding hydrogens is 478 g/mol.